The molecular weight excluding hydrogens is 333 g/mol. The van der Waals surface area contributed by atoms with Crippen molar-refractivity contribution in [2.45, 2.75) is 39.3 Å². The Hall–Kier alpha value is -2.60. The molecule has 0 bridgehead atoms. The molecule has 1 aromatic heterocycles. The minimum atomic E-state index is -0.385. The number of benzene rings is 1. The monoisotopic (exact) mass is 355 g/mol. The third-order valence-corrected chi connectivity index (χ3v) is 4.68. The van der Waals surface area contributed by atoms with Crippen LogP contribution in [0.2, 0.25) is 0 Å². The highest BCUT2D eigenvalue weighted by Crippen LogP contribution is 2.20. The molecule has 2 N–H and O–H groups in total. The fourth-order valence-electron chi connectivity index (χ4n) is 3.16. The van der Waals surface area contributed by atoms with Crippen LogP contribution in [0.5, 0.6) is 0 Å². The zero-order valence-electron chi connectivity index (χ0n) is 14.8. The third-order valence-electron chi connectivity index (χ3n) is 4.68. The number of nitrogens with one attached hydrogen (secondary N) is 2. The first-order chi connectivity index (χ1) is 12.5. The van der Waals surface area contributed by atoms with Gasteiger partial charge < -0.3 is 10.6 Å². The van der Waals surface area contributed by atoms with Crippen LogP contribution in [-0.4, -0.2) is 23.2 Å². The molecule has 2 heterocycles. The number of Topliss-reactive ketones (excluding diaryl/α,β-unsaturated/α-hetero) is 1. The second-order valence-corrected chi connectivity index (χ2v) is 6.46. The number of pyridine rings is 1. The van der Waals surface area contributed by atoms with E-state index in [1.165, 1.54) is 35.4 Å². The molecule has 1 aliphatic rings. The molecule has 26 heavy (non-hydrogen) atoms. The summed E-state index contributed by atoms with van der Waals surface area (Å²) < 4.78 is 12.9. The highest BCUT2D eigenvalue weighted by atomic mass is 19.1. The topological polar surface area (TPSA) is 71.1 Å². The third kappa shape index (κ3) is 4.32. The maximum absolute atomic E-state index is 12.9. The molecule has 136 valence electrons. The first kappa shape index (κ1) is 18.2. The van der Waals surface area contributed by atoms with E-state index in [2.05, 4.69) is 15.6 Å². The van der Waals surface area contributed by atoms with Crippen LogP contribution in [0.3, 0.4) is 0 Å². The predicted octanol–water partition coefficient (Wildman–Crippen LogP) is 2.45. The minimum Gasteiger partial charge on any atom is -0.352 e. The molecule has 0 saturated heterocycles. The van der Waals surface area contributed by atoms with Gasteiger partial charge in [-0.2, -0.15) is 0 Å². The van der Waals surface area contributed by atoms with Crippen molar-refractivity contribution < 1.29 is 14.0 Å². The number of nitrogens with zero attached hydrogens (tertiary/aromatic N) is 1. The van der Waals surface area contributed by atoms with Gasteiger partial charge in [-0.05, 0) is 60.8 Å². The fourth-order valence-corrected chi connectivity index (χ4v) is 3.16. The largest absolute Gasteiger partial charge is 0.352 e. The Labute approximate surface area is 152 Å². The molecule has 1 amide bonds. The summed E-state index contributed by atoms with van der Waals surface area (Å²) in [6, 6.07) is 5.37. The van der Waals surface area contributed by atoms with Crippen molar-refractivity contribution in [3.8, 4) is 0 Å². The van der Waals surface area contributed by atoms with Gasteiger partial charge in [0.05, 0.1) is 0 Å². The lowest BCUT2D eigenvalue weighted by molar-refractivity contribution is -0.121. The first-order valence-electron chi connectivity index (χ1n) is 8.77. The fraction of sp³-hybridized carbons (Fsp3) is 0.350. The zero-order valence-corrected chi connectivity index (χ0v) is 14.8. The van der Waals surface area contributed by atoms with Crippen molar-refractivity contribution in [3.05, 3.63) is 64.2 Å². The van der Waals surface area contributed by atoms with E-state index < -0.39 is 0 Å². The average Bonchev–Trinajstić information content (AvgIpc) is 2.66. The summed E-state index contributed by atoms with van der Waals surface area (Å²) in [5.74, 6) is -0.725. The maximum atomic E-state index is 12.9. The van der Waals surface area contributed by atoms with Gasteiger partial charge in [-0.15, -0.1) is 0 Å². The Morgan fingerprint density at radius 3 is 2.77 bits per heavy atom. The first-order valence-corrected chi connectivity index (χ1v) is 8.77. The summed E-state index contributed by atoms with van der Waals surface area (Å²) in [5.41, 5.74) is 4.86. The number of hydrogen-bond acceptors (Lipinski definition) is 4. The Balaban J connectivity index is 1.55. The van der Waals surface area contributed by atoms with E-state index in [4.69, 9.17) is 0 Å². The number of carbonyl (C=O) groups excluding carboxylic acids is 2. The van der Waals surface area contributed by atoms with Crippen LogP contribution in [0.15, 0.2) is 30.5 Å². The molecule has 0 unspecified atom stereocenters. The van der Waals surface area contributed by atoms with E-state index in [0.29, 0.717) is 12.1 Å². The number of fused-ring (bicyclic) bond motifs is 1. The molecule has 0 fully saturated rings. The van der Waals surface area contributed by atoms with E-state index in [1.54, 1.807) is 0 Å². The molecule has 0 saturated carbocycles. The van der Waals surface area contributed by atoms with Crippen LogP contribution >= 0.6 is 0 Å². The van der Waals surface area contributed by atoms with Gasteiger partial charge in [-0.1, -0.05) is 0 Å². The van der Waals surface area contributed by atoms with Crippen LogP contribution in [0.1, 0.15) is 45.6 Å². The molecule has 5 nitrogen and oxygen atoms in total. The van der Waals surface area contributed by atoms with Gasteiger partial charge in [0.1, 0.15) is 5.82 Å². The lowest BCUT2D eigenvalue weighted by atomic mass is 9.96. The van der Waals surface area contributed by atoms with Gasteiger partial charge in [-0.3, -0.25) is 14.6 Å². The summed E-state index contributed by atoms with van der Waals surface area (Å²) in [7, 11) is 0. The van der Waals surface area contributed by atoms with Crippen molar-refractivity contribution in [2.24, 2.45) is 0 Å². The van der Waals surface area contributed by atoms with Crippen LogP contribution in [0.25, 0.3) is 0 Å². The summed E-state index contributed by atoms with van der Waals surface area (Å²) in [5, 5.41) is 6.21. The van der Waals surface area contributed by atoms with Crippen LogP contribution < -0.4 is 10.6 Å². The number of hydrogen-bond donors (Lipinski definition) is 2. The second kappa shape index (κ2) is 8.19. The normalized spacial score (nSPS) is 13.2. The summed E-state index contributed by atoms with van der Waals surface area (Å²) in [6.45, 7) is 4.09. The molecule has 0 aliphatic carbocycles. The van der Waals surface area contributed by atoms with Gasteiger partial charge in [0, 0.05) is 43.4 Å². The smallest absolute Gasteiger partial charge is 0.220 e. The zero-order chi connectivity index (χ0) is 18.5. The van der Waals surface area contributed by atoms with Crippen molar-refractivity contribution in [1.82, 2.24) is 15.6 Å². The highest BCUT2D eigenvalue weighted by molar-refractivity contribution is 5.97. The Morgan fingerprint density at radius 1 is 1.23 bits per heavy atom. The van der Waals surface area contributed by atoms with Crippen LogP contribution in [-0.2, 0) is 24.3 Å². The Kier molecular flexibility index (Phi) is 5.73. The second-order valence-electron chi connectivity index (χ2n) is 6.46. The van der Waals surface area contributed by atoms with Gasteiger partial charge in [0.15, 0.2) is 5.78 Å². The predicted molar refractivity (Wildman–Crippen MR) is 96.2 cm³/mol. The number of halogens is 1. The molecule has 6 heteroatoms. The van der Waals surface area contributed by atoms with Crippen LogP contribution in [0, 0.1) is 12.7 Å². The molecule has 0 atom stereocenters. The van der Waals surface area contributed by atoms with E-state index in [1.807, 2.05) is 13.1 Å². The summed E-state index contributed by atoms with van der Waals surface area (Å²) in [4.78, 5) is 28.6. The number of aromatic nitrogens is 1. The molecular formula is C20H22FN3O2. The standard InChI is InChI=1S/C20H22FN3O2/c1-13-18(17-8-9-22-10-15(17)11-23-13)12-24-20(26)7-6-19(25)14-2-4-16(21)5-3-14/h2-5,11,22H,6-10,12H2,1H3,(H,24,26). The molecule has 0 radical (unpaired) electrons. The average molecular weight is 355 g/mol. The number of aryl methyl sites for hydroxylation is 1. The summed E-state index contributed by atoms with van der Waals surface area (Å²) in [6.07, 6.45) is 3.03. The van der Waals surface area contributed by atoms with E-state index in [9.17, 15) is 14.0 Å². The van der Waals surface area contributed by atoms with Crippen LogP contribution in [0.4, 0.5) is 4.39 Å². The van der Waals surface area contributed by atoms with Gasteiger partial charge in [0.25, 0.3) is 0 Å². The Bertz CT molecular complexity index is 819. The van der Waals surface area contributed by atoms with E-state index >= 15 is 0 Å². The molecule has 0 spiro atoms. The summed E-state index contributed by atoms with van der Waals surface area (Å²) >= 11 is 0. The highest BCUT2D eigenvalue weighted by Gasteiger charge is 2.16. The molecule has 1 aliphatic heterocycles. The minimum absolute atomic E-state index is 0.103. The SMILES string of the molecule is Cc1ncc2c(c1CNC(=O)CCC(=O)c1ccc(F)cc1)CCNC2. The van der Waals surface area contributed by atoms with Crippen molar-refractivity contribution in [3.63, 3.8) is 0 Å². The van der Waals surface area contributed by atoms with E-state index in [0.717, 1.165) is 30.8 Å². The lowest BCUT2D eigenvalue weighted by Crippen LogP contribution is -2.29. The van der Waals surface area contributed by atoms with Gasteiger partial charge >= 0.3 is 0 Å². The van der Waals surface area contributed by atoms with E-state index in [-0.39, 0.29) is 30.3 Å². The maximum Gasteiger partial charge on any atom is 0.220 e. The number of amides is 1. The molecule has 3 rings (SSSR count). The molecule has 1 aromatic carbocycles. The van der Waals surface area contributed by atoms with Crippen molar-refractivity contribution >= 4 is 11.7 Å². The van der Waals surface area contributed by atoms with Crippen molar-refractivity contribution in [1.29, 1.82) is 0 Å². The quantitative estimate of drug-likeness (QED) is 0.781. The lowest BCUT2D eigenvalue weighted by Gasteiger charge is -2.21. The van der Waals surface area contributed by atoms with Gasteiger partial charge in [0.2, 0.25) is 5.91 Å². The number of rotatable bonds is 6. The number of carbonyl (C=O) groups is 2. The van der Waals surface area contributed by atoms with Gasteiger partial charge in [-0.25, -0.2) is 4.39 Å². The molecule has 2 aromatic rings. The Morgan fingerprint density at radius 2 is 2.00 bits per heavy atom. The van der Waals surface area contributed by atoms with Crippen molar-refractivity contribution in [2.75, 3.05) is 6.54 Å². The number of ketones is 1.